The highest BCUT2D eigenvalue weighted by Crippen LogP contribution is 2.46. The summed E-state index contributed by atoms with van der Waals surface area (Å²) in [4.78, 5) is 12.5. The molecule has 1 N–H and O–H groups in total. The van der Waals surface area contributed by atoms with E-state index in [1.807, 2.05) is 12.4 Å². The Labute approximate surface area is 136 Å². The number of amidine groups is 1. The van der Waals surface area contributed by atoms with Crippen LogP contribution in [-0.4, -0.2) is 35.2 Å². The molecule has 3 aliphatic rings. The molecule has 23 heavy (non-hydrogen) atoms. The van der Waals surface area contributed by atoms with Crippen molar-refractivity contribution in [1.29, 1.82) is 0 Å². The predicted octanol–water partition coefficient (Wildman–Crippen LogP) is 2.72. The number of nitrogens with zero attached hydrogens (tertiary/aromatic N) is 3. The van der Waals surface area contributed by atoms with Crippen LogP contribution in [0.4, 0.5) is 0 Å². The molecule has 2 atom stereocenters. The summed E-state index contributed by atoms with van der Waals surface area (Å²) >= 11 is 0. The summed E-state index contributed by atoms with van der Waals surface area (Å²) in [6.45, 7) is 3.05. The maximum Gasteiger partial charge on any atom is 0.284 e. The van der Waals surface area contributed by atoms with E-state index in [0.717, 1.165) is 37.9 Å². The summed E-state index contributed by atoms with van der Waals surface area (Å²) in [5.41, 5.74) is 5.54. The Morgan fingerprint density at radius 3 is 2.91 bits per heavy atom. The van der Waals surface area contributed by atoms with Crippen LogP contribution in [0.5, 0.6) is 0 Å². The topological polar surface area (TPSA) is 59.4 Å². The van der Waals surface area contributed by atoms with Crippen LogP contribution in [0.3, 0.4) is 0 Å². The van der Waals surface area contributed by atoms with Crippen LogP contribution in [0.2, 0.25) is 0 Å². The standard InChI is InChI=1S/C18H22N4O/c1-12-3-4-14(13-8-20-11-21-9-13)15-5-6-18(7-16(12)15)10-23-17(19-2)22-18/h4,8-9,11-12H,3,5-7,10H2,1-2H3,(H,19,22). The maximum absolute atomic E-state index is 5.70. The van der Waals surface area contributed by atoms with Crippen LogP contribution in [0.25, 0.3) is 5.57 Å². The van der Waals surface area contributed by atoms with Gasteiger partial charge in [-0.1, -0.05) is 18.6 Å². The molecule has 2 heterocycles. The molecule has 120 valence electrons. The molecule has 4 rings (SSSR count). The molecule has 0 saturated carbocycles. The Hall–Kier alpha value is -2.17. The van der Waals surface area contributed by atoms with Crippen molar-refractivity contribution in [3.63, 3.8) is 0 Å². The van der Waals surface area contributed by atoms with Crippen molar-refractivity contribution in [3.05, 3.63) is 41.5 Å². The lowest BCUT2D eigenvalue weighted by Gasteiger charge is -2.39. The predicted molar refractivity (Wildman–Crippen MR) is 89.8 cm³/mol. The summed E-state index contributed by atoms with van der Waals surface area (Å²) in [7, 11) is 1.77. The minimum absolute atomic E-state index is 0.0254. The lowest BCUT2D eigenvalue weighted by Crippen LogP contribution is -2.46. The van der Waals surface area contributed by atoms with Gasteiger partial charge in [0.25, 0.3) is 6.02 Å². The van der Waals surface area contributed by atoms with Crippen molar-refractivity contribution in [2.75, 3.05) is 13.7 Å². The fourth-order valence-electron chi connectivity index (χ4n) is 4.01. The number of rotatable bonds is 1. The van der Waals surface area contributed by atoms with Crippen LogP contribution in [-0.2, 0) is 4.74 Å². The van der Waals surface area contributed by atoms with Gasteiger partial charge < -0.3 is 10.1 Å². The molecular weight excluding hydrogens is 288 g/mol. The zero-order valence-electron chi connectivity index (χ0n) is 13.7. The summed E-state index contributed by atoms with van der Waals surface area (Å²) in [6, 6.07) is 0.685. The maximum atomic E-state index is 5.70. The van der Waals surface area contributed by atoms with Gasteiger partial charge in [-0.05, 0) is 42.7 Å². The van der Waals surface area contributed by atoms with Gasteiger partial charge in [0.2, 0.25) is 0 Å². The number of ether oxygens (including phenoxy) is 1. The first-order chi connectivity index (χ1) is 11.2. The summed E-state index contributed by atoms with van der Waals surface area (Å²) in [5, 5.41) is 3.51. The first-order valence-electron chi connectivity index (χ1n) is 8.26. The summed E-state index contributed by atoms with van der Waals surface area (Å²) in [6.07, 6.45) is 12.0. The molecular formula is C18H22N4O. The SMILES string of the molecule is CN=C1NC2(CCC3=C(C2)C(C)CC=C3c2cncnc2)CO1. The molecule has 2 aliphatic carbocycles. The Kier molecular flexibility index (Phi) is 3.43. The van der Waals surface area contributed by atoms with Gasteiger partial charge in [-0.15, -0.1) is 0 Å². The van der Waals surface area contributed by atoms with Crippen molar-refractivity contribution in [2.24, 2.45) is 10.9 Å². The van der Waals surface area contributed by atoms with E-state index in [2.05, 4.69) is 33.3 Å². The number of nitrogens with one attached hydrogen (secondary N) is 1. The average Bonchev–Trinajstić information content (AvgIpc) is 2.99. The molecule has 0 aromatic carbocycles. The Balaban J connectivity index is 1.68. The van der Waals surface area contributed by atoms with Crippen molar-refractivity contribution < 1.29 is 4.74 Å². The Morgan fingerprint density at radius 1 is 1.35 bits per heavy atom. The van der Waals surface area contributed by atoms with E-state index in [-0.39, 0.29) is 5.54 Å². The second kappa shape index (κ2) is 5.48. The Bertz CT molecular complexity index is 707. The molecule has 0 amide bonds. The molecule has 5 heteroatoms. The highest BCUT2D eigenvalue weighted by molar-refractivity contribution is 5.81. The van der Waals surface area contributed by atoms with E-state index >= 15 is 0 Å². The van der Waals surface area contributed by atoms with Crippen LogP contribution < -0.4 is 5.32 Å². The van der Waals surface area contributed by atoms with E-state index in [4.69, 9.17) is 4.74 Å². The molecule has 1 saturated heterocycles. The number of hydrogen-bond donors (Lipinski definition) is 1. The largest absolute Gasteiger partial charge is 0.463 e. The molecule has 1 fully saturated rings. The number of aliphatic imine (C=N–C) groups is 1. The summed E-state index contributed by atoms with van der Waals surface area (Å²) < 4.78 is 5.70. The highest BCUT2D eigenvalue weighted by atomic mass is 16.5. The normalized spacial score (nSPS) is 31.7. The first-order valence-corrected chi connectivity index (χ1v) is 8.26. The fourth-order valence-corrected chi connectivity index (χ4v) is 4.01. The van der Waals surface area contributed by atoms with E-state index < -0.39 is 0 Å². The van der Waals surface area contributed by atoms with Gasteiger partial charge in [0.05, 0.1) is 5.54 Å². The third-order valence-electron chi connectivity index (χ3n) is 5.30. The van der Waals surface area contributed by atoms with Crippen LogP contribution in [0.1, 0.15) is 38.2 Å². The number of allylic oxidation sites excluding steroid dienone is 3. The van der Waals surface area contributed by atoms with E-state index in [1.165, 1.54) is 11.1 Å². The smallest absolute Gasteiger partial charge is 0.284 e. The molecule has 1 aromatic heterocycles. The van der Waals surface area contributed by atoms with Crippen LogP contribution in [0, 0.1) is 5.92 Å². The molecule has 1 aromatic rings. The van der Waals surface area contributed by atoms with Crippen molar-refractivity contribution in [2.45, 2.75) is 38.1 Å². The third-order valence-corrected chi connectivity index (χ3v) is 5.30. The molecule has 0 radical (unpaired) electrons. The van der Waals surface area contributed by atoms with E-state index in [0.29, 0.717) is 11.9 Å². The fraction of sp³-hybridized carbons (Fsp3) is 0.500. The number of aromatic nitrogens is 2. The molecule has 1 spiro atoms. The van der Waals surface area contributed by atoms with E-state index in [9.17, 15) is 0 Å². The van der Waals surface area contributed by atoms with Gasteiger partial charge in [-0.2, -0.15) is 0 Å². The van der Waals surface area contributed by atoms with Gasteiger partial charge in [-0.25, -0.2) is 15.0 Å². The third kappa shape index (κ3) is 2.44. The van der Waals surface area contributed by atoms with Crippen LogP contribution in [0.15, 0.2) is 40.9 Å². The van der Waals surface area contributed by atoms with Crippen molar-refractivity contribution in [3.8, 4) is 0 Å². The van der Waals surface area contributed by atoms with Gasteiger partial charge in [0, 0.05) is 25.0 Å². The lowest BCUT2D eigenvalue weighted by atomic mass is 9.69. The minimum Gasteiger partial charge on any atom is -0.463 e. The zero-order chi connectivity index (χ0) is 15.9. The van der Waals surface area contributed by atoms with E-state index in [1.54, 1.807) is 18.9 Å². The molecule has 1 aliphatic heterocycles. The quantitative estimate of drug-likeness (QED) is 0.866. The number of hydrogen-bond acceptors (Lipinski definition) is 4. The monoisotopic (exact) mass is 310 g/mol. The lowest BCUT2D eigenvalue weighted by molar-refractivity contribution is 0.237. The van der Waals surface area contributed by atoms with Gasteiger partial charge in [0.1, 0.15) is 12.9 Å². The van der Waals surface area contributed by atoms with Gasteiger partial charge in [-0.3, -0.25) is 0 Å². The van der Waals surface area contributed by atoms with Crippen LogP contribution >= 0.6 is 0 Å². The molecule has 0 bridgehead atoms. The second-order valence-corrected chi connectivity index (χ2v) is 6.79. The molecule has 5 nitrogen and oxygen atoms in total. The van der Waals surface area contributed by atoms with Crippen molar-refractivity contribution >= 4 is 11.6 Å². The summed E-state index contributed by atoms with van der Waals surface area (Å²) in [5.74, 6) is 0.583. The van der Waals surface area contributed by atoms with Gasteiger partial charge >= 0.3 is 0 Å². The minimum atomic E-state index is 0.0254. The first kappa shape index (κ1) is 14.4. The van der Waals surface area contributed by atoms with Crippen molar-refractivity contribution in [1.82, 2.24) is 15.3 Å². The highest BCUT2D eigenvalue weighted by Gasteiger charge is 2.43. The average molecular weight is 310 g/mol. The Morgan fingerprint density at radius 2 is 2.17 bits per heavy atom. The molecule has 2 unspecified atom stereocenters. The zero-order valence-corrected chi connectivity index (χ0v) is 13.7. The van der Waals surface area contributed by atoms with Gasteiger partial charge in [0.15, 0.2) is 0 Å². The second-order valence-electron chi connectivity index (χ2n) is 6.79.